The minimum atomic E-state index is -0.423. The highest BCUT2D eigenvalue weighted by Crippen LogP contribution is 2.52. The van der Waals surface area contributed by atoms with Gasteiger partial charge >= 0.3 is 0 Å². The molecule has 33 heavy (non-hydrogen) atoms. The van der Waals surface area contributed by atoms with Crippen molar-refractivity contribution < 1.29 is 9.47 Å². The number of hydrogen-bond acceptors (Lipinski definition) is 5. The van der Waals surface area contributed by atoms with Crippen molar-refractivity contribution >= 4 is 39.2 Å². The lowest BCUT2D eigenvalue weighted by atomic mass is 9.84. The number of halogens is 2. The Morgan fingerprint density at radius 1 is 1.09 bits per heavy atom. The first-order chi connectivity index (χ1) is 16.1. The fraction of sp³-hybridized carbons (Fsp3) is 0.120. The number of anilines is 1. The smallest absolute Gasteiger partial charge is 0.226 e. The molecule has 0 fully saturated rings. The molecule has 1 N–H and O–H groups in total. The molecule has 164 valence electrons. The largest absolute Gasteiger partial charge is 0.496 e. The fourth-order valence-corrected chi connectivity index (χ4v) is 5.06. The number of benzene rings is 3. The number of hydrogen-bond donors (Lipinski definition) is 1. The summed E-state index contributed by atoms with van der Waals surface area (Å²) in [6.07, 6.45) is 1.14. The molecular formula is C25H18BrClN4O2. The molecule has 2 aliphatic heterocycles. The monoisotopic (exact) mass is 520 g/mol. The van der Waals surface area contributed by atoms with E-state index in [9.17, 15) is 0 Å². The Morgan fingerprint density at radius 3 is 2.73 bits per heavy atom. The van der Waals surface area contributed by atoms with Gasteiger partial charge in [0.15, 0.2) is 6.10 Å². The number of aromatic nitrogens is 3. The molecular weight excluding hydrogens is 504 g/mol. The van der Waals surface area contributed by atoms with Crippen molar-refractivity contribution in [1.82, 2.24) is 14.8 Å². The van der Waals surface area contributed by atoms with Gasteiger partial charge in [0.2, 0.25) is 5.95 Å². The van der Waals surface area contributed by atoms with Crippen molar-refractivity contribution in [3.63, 3.8) is 0 Å². The highest BCUT2D eigenvalue weighted by Gasteiger charge is 2.41. The Balaban J connectivity index is 1.65. The minimum Gasteiger partial charge on any atom is -0.496 e. The average Bonchev–Trinajstić information content (AvgIpc) is 3.31. The van der Waals surface area contributed by atoms with Gasteiger partial charge in [0.25, 0.3) is 0 Å². The SMILES string of the molecule is COc1ccc(Br)cc1[C@H]1Oc2ccccc2C2=C1[C@@H](c1ccc(Cl)cc1)n1ncnc1N2. The van der Waals surface area contributed by atoms with Crippen LogP contribution >= 0.6 is 27.5 Å². The molecule has 6 nitrogen and oxygen atoms in total. The first-order valence-electron chi connectivity index (χ1n) is 10.4. The fourth-order valence-electron chi connectivity index (χ4n) is 4.55. The first kappa shape index (κ1) is 20.3. The van der Waals surface area contributed by atoms with Gasteiger partial charge in [-0.15, -0.1) is 0 Å². The highest BCUT2D eigenvalue weighted by molar-refractivity contribution is 9.10. The van der Waals surface area contributed by atoms with Gasteiger partial charge < -0.3 is 14.8 Å². The maximum Gasteiger partial charge on any atom is 0.226 e. The summed E-state index contributed by atoms with van der Waals surface area (Å²) >= 11 is 9.82. The predicted octanol–water partition coefficient (Wildman–Crippen LogP) is 6.26. The van der Waals surface area contributed by atoms with E-state index >= 15 is 0 Å². The van der Waals surface area contributed by atoms with E-state index in [4.69, 9.17) is 21.1 Å². The van der Waals surface area contributed by atoms with Crippen molar-refractivity contribution in [2.24, 2.45) is 0 Å². The van der Waals surface area contributed by atoms with E-state index in [-0.39, 0.29) is 6.04 Å². The zero-order valence-electron chi connectivity index (χ0n) is 17.5. The van der Waals surface area contributed by atoms with Crippen LogP contribution in [0.1, 0.15) is 28.8 Å². The third kappa shape index (κ3) is 3.31. The second-order valence-electron chi connectivity index (χ2n) is 7.82. The van der Waals surface area contributed by atoms with Crippen molar-refractivity contribution in [3.05, 3.63) is 105 Å². The Hall–Kier alpha value is -3.29. The maximum absolute atomic E-state index is 6.67. The third-order valence-corrected chi connectivity index (χ3v) is 6.73. The van der Waals surface area contributed by atoms with Crippen LogP contribution in [0.3, 0.4) is 0 Å². The van der Waals surface area contributed by atoms with E-state index in [0.29, 0.717) is 11.0 Å². The van der Waals surface area contributed by atoms with Gasteiger partial charge in [-0.05, 0) is 48.0 Å². The van der Waals surface area contributed by atoms with Crippen LogP contribution in [0.25, 0.3) is 5.70 Å². The van der Waals surface area contributed by atoms with E-state index in [2.05, 4.69) is 37.4 Å². The van der Waals surface area contributed by atoms with Gasteiger partial charge in [0.05, 0.1) is 12.8 Å². The van der Waals surface area contributed by atoms with Gasteiger partial charge in [0.1, 0.15) is 23.9 Å². The van der Waals surface area contributed by atoms with Crippen LogP contribution in [-0.4, -0.2) is 21.9 Å². The average molecular weight is 522 g/mol. The zero-order chi connectivity index (χ0) is 22.5. The molecule has 4 aromatic rings. The molecule has 0 unspecified atom stereocenters. The predicted molar refractivity (Wildman–Crippen MR) is 131 cm³/mol. The summed E-state index contributed by atoms with van der Waals surface area (Å²) in [5.41, 5.74) is 4.90. The molecule has 3 aromatic carbocycles. The quantitative estimate of drug-likeness (QED) is 0.345. The van der Waals surface area contributed by atoms with Crippen LogP contribution in [0.15, 0.2) is 83.1 Å². The molecule has 2 aliphatic rings. The summed E-state index contributed by atoms with van der Waals surface area (Å²) < 4.78 is 15.2. The summed E-state index contributed by atoms with van der Waals surface area (Å²) in [5, 5.41) is 8.74. The lowest BCUT2D eigenvalue weighted by molar-refractivity contribution is 0.217. The van der Waals surface area contributed by atoms with E-state index in [0.717, 1.165) is 43.9 Å². The molecule has 0 saturated carbocycles. The Morgan fingerprint density at radius 2 is 1.91 bits per heavy atom. The number of rotatable bonds is 3. The second-order valence-corrected chi connectivity index (χ2v) is 9.17. The topological polar surface area (TPSA) is 61.2 Å². The Bertz CT molecular complexity index is 1400. The van der Waals surface area contributed by atoms with Gasteiger partial charge in [-0.1, -0.05) is 51.8 Å². The number of nitrogens with one attached hydrogen (secondary N) is 1. The van der Waals surface area contributed by atoms with Crippen molar-refractivity contribution in [1.29, 1.82) is 0 Å². The van der Waals surface area contributed by atoms with Crippen molar-refractivity contribution in [2.45, 2.75) is 12.1 Å². The number of methoxy groups -OCH3 is 1. The standard InChI is InChI=1S/C25H18BrClN4O2/c1-32-19-11-8-15(26)12-18(19)24-21-22(17-4-2-3-5-20(17)33-24)30-25-28-13-29-31(25)23(21)14-6-9-16(27)10-7-14/h2-13,23-24H,1H3,(H,28,29,30)/t23-,24-/m1/s1. The zero-order valence-corrected chi connectivity index (χ0v) is 19.8. The van der Waals surface area contributed by atoms with E-state index in [1.54, 1.807) is 13.4 Å². The van der Waals surface area contributed by atoms with E-state index < -0.39 is 6.10 Å². The molecule has 0 bridgehead atoms. The third-order valence-electron chi connectivity index (χ3n) is 5.98. The molecule has 1 aromatic heterocycles. The number of nitrogens with zero attached hydrogens (tertiary/aromatic N) is 3. The highest BCUT2D eigenvalue weighted by atomic mass is 79.9. The maximum atomic E-state index is 6.67. The summed E-state index contributed by atoms with van der Waals surface area (Å²) in [4.78, 5) is 4.47. The number of fused-ring (bicyclic) bond motifs is 3. The normalized spacial score (nSPS) is 18.5. The molecule has 0 spiro atoms. The molecule has 2 atom stereocenters. The molecule has 3 heterocycles. The van der Waals surface area contributed by atoms with Crippen molar-refractivity contribution in [2.75, 3.05) is 12.4 Å². The van der Waals surface area contributed by atoms with E-state index in [1.165, 1.54) is 0 Å². The summed E-state index contributed by atoms with van der Waals surface area (Å²) in [6.45, 7) is 0. The van der Waals surface area contributed by atoms with Gasteiger partial charge in [0, 0.05) is 26.2 Å². The van der Waals surface area contributed by atoms with Crippen LogP contribution in [0.4, 0.5) is 5.95 Å². The van der Waals surface area contributed by atoms with Gasteiger partial charge in [-0.3, -0.25) is 0 Å². The molecule has 6 rings (SSSR count). The lowest BCUT2D eigenvalue weighted by Gasteiger charge is -2.39. The van der Waals surface area contributed by atoms with E-state index in [1.807, 2.05) is 65.3 Å². The summed E-state index contributed by atoms with van der Waals surface area (Å²) in [7, 11) is 1.67. The van der Waals surface area contributed by atoms with Crippen molar-refractivity contribution in [3.8, 4) is 11.5 Å². The van der Waals surface area contributed by atoms with Crippen LogP contribution in [0.2, 0.25) is 5.02 Å². The molecule has 0 aliphatic carbocycles. The molecule has 0 amide bonds. The molecule has 0 radical (unpaired) electrons. The second kappa shape index (κ2) is 7.93. The Labute approximate surface area is 204 Å². The van der Waals surface area contributed by atoms with Gasteiger partial charge in [-0.2, -0.15) is 10.1 Å². The molecule has 0 saturated heterocycles. The first-order valence-corrected chi connectivity index (χ1v) is 11.6. The molecule has 8 heteroatoms. The summed E-state index contributed by atoms with van der Waals surface area (Å²) in [5.74, 6) is 2.21. The number of ether oxygens (including phenoxy) is 2. The van der Waals surface area contributed by atoms with Crippen LogP contribution in [0.5, 0.6) is 11.5 Å². The lowest BCUT2D eigenvalue weighted by Crippen LogP contribution is -2.32. The van der Waals surface area contributed by atoms with Crippen LogP contribution < -0.4 is 14.8 Å². The van der Waals surface area contributed by atoms with Crippen LogP contribution in [-0.2, 0) is 0 Å². The number of para-hydroxylation sites is 1. The minimum absolute atomic E-state index is 0.252. The Kier molecular flexibility index (Phi) is 4.89. The summed E-state index contributed by atoms with van der Waals surface area (Å²) in [6, 6.07) is 21.5. The van der Waals surface area contributed by atoms with Gasteiger partial charge in [-0.25, -0.2) is 4.68 Å². The van der Waals surface area contributed by atoms with Crippen LogP contribution in [0, 0.1) is 0 Å².